The van der Waals surface area contributed by atoms with E-state index in [1.54, 1.807) is 0 Å². The van der Waals surface area contributed by atoms with Crippen molar-refractivity contribution in [2.75, 3.05) is 13.2 Å². The highest BCUT2D eigenvalue weighted by atomic mass is 16.6. The van der Waals surface area contributed by atoms with E-state index in [0.717, 1.165) is 103 Å². The first-order chi connectivity index (χ1) is 32.0. The summed E-state index contributed by atoms with van der Waals surface area (Å²) in [5, 5.41) is 0. The molecule has 1 atom stereocenters. The Morgan fingerprint density at radius 3 is 1.08 bits per heavy atom. The van der Waals surface area contributed by atoms with Crippen molar-refractivity contribution in [1.82, 2.24) is 0 Å². The van der Waals surface area contributed by atoms with Crippen LogP contribution in [0, 0.1) is 0 Å². The van der Waals surface area contributed by atoms with Crippen molar-refractivity contribution in [2.45, 2.75) is 258 Å². The van der Waals surface area contributed by atoms with E-state index < -0.39 is 6.10 Å². The number of hydrogen-bond donors (Lipinski definition) is 0. The summed E-state index contributed by atoms with van der Waals surface area (Å²) in [4.78, 5) is 38.1. The Labute approximate surface area is 401 Å². The number of allylic oxidation sites excluding steroid dienone is 14. The highest BCUT2D eigenvalue weighted by Gasteiger charge is 2.19. The van der Waals surface area contributed by atoms with Crippen LogP contribution in [-0.4, -0.2) is 37.2 Å². The second-order valence-electron chi connectivity index (χ2n) is 17.8. The molecule has 0 rings (SSSR count). The van der Waals surface area contributed by atoms with Crippen LogP contribution in [0.15, 0.2) is 85.1 Å². The topological polar surface area (TPSA) is 78.9 Å². The second-order valence-corrected chi connectivity index (χ2v) is 17.8. The SMILES string of the molecule is CC/C=C\C/C=C\C/C=C\CCCCCCCCC(=O)OCC(COC(=O)CCCCCCCC/C=C\C=C/CCCCC)OC(=O)CCCCC/C=C\C=C/CCCCCCCCC. The minimum absolute atomic E-state index is 0.0981. The Kier molecular flexibility index (Phi) is 50.4. The summed E-state index contributed by atoms with van der Waals surface area (Å²) in [6.07, 6.45) is 68.5. The van der Waals surface area contributed by atoms with Crippen LogP contribution in [0.4, 0.5) is 0 Å². The number of carbonyl (C=O) groups is 3. The van der Waals surface area contributed by atoms with Crippen molar-refractivity contribution in [3.8, 4) is 0 Å². The molecule has 0 fully saturated rings. The van der Waals surface area contributed by atoms with Crippen molar-refractivity contribution >= 4 is 17.9 Å². The molecule has 0 radical (unpaired) electrons. The molecule has 6 heteroatoms. The van der Waals surface area contributed by atoms with Gasteiger partial charge in [-0.2, -0.15) is 0 Å². The molecule has 372 valence electrons. The van der Waals surface area contributed by atoms with Gasteiger partial charge in [0.25, 0.3) is 0 Å². The molecule has 0 bridgehead atoms. The Morgan fingerprint density at radius 2 is 0.646 bits per heavy atom. The van der Waals surface area contributed by atoms with E-state index in [-0.39, 0.29) is 37.5 Å². The van der Waals surface area contributed by atoms with E-state index in [1.807, 2.05) is 0 Å². The molecule has 0 saturated carbocycles. The maximum absolute atomic E-state index is 12.8. The van der Waals surface area contributed by atoms with Gasteiger partial charge in [-0.1, -0.05) is 215 Å². The lowest BCUT2D eigenvalue weighted by molar-refractivity contribution is -0.167. The average Bonchev–Trinajstić information content (AvgIpc) is 3.30. The van der Waals surface area contributed by atoms with Crippen molar-refractivity contribution < 1.29 is 28.6 Å². The van der Waals surface area contributed by atoms with E-state index in [2.05, 4.69) is 106 Å². The number of esters is 3. The van der Waals surface area contributed by atoms with Crippen molar-refractivity contribution in [3.05, 3.63) is 85.1 Å². The maximum Gasteiger partial charge on any atom is 0.306 e. The number of carbonyl (C=O) groups excluding carboxylic acids is 3. The molecule has 0 heterocycles. The Morgan fingerprint density at radius 1 is 0.338 bits per heavy atom. The summed E-state index contributed by atoms with van der Waals surface area (Å²) < 4.78 is 16.8. The van der Waals surface area contributed by atoms with Crippen LogP contribution in [0.1, 0.15) is 252 Å². The summed E-state index contributed by atoms with van der Waals surface area (Å²) >= 11 is 0. The van der Waals surface area contributed by atoms with Crippen LogP contribution in [0.5, 0.6) is 0 Å². The number of ether oxygens (including phenoxy) is 3. The van der Waals surface area contributed by atoms with Crippen molar-refractivity contribution in [3.63, 3.8) is 0 Å². The molecule has 0 saturated heterocycles. The van der Waals surface area contributed by atoms with Gasteiger partial charge in [0.15, 0.2) is 6.10 Å². The highest BCUT2D eigenvalue weighted by Crippen LogP contribution is 2.14. The lowest BCUT2D eigenvalue weighted by Gasteiger charge is -2.18. The summed E-state index contributed by atoms with van der Waals surface area (Å²) in [7, 11) is 0. The van der Waals surface area contributed by atoms with Gasteiger partial charge in [0.05, 0.1) is 0 Å². The fourth-order valence-electron chi connectivity index (χ4n) is 7.32. The van der Waals surface area contributed by atoms with Gasteiger partial charge in [-0.25, -0.2) is 0 Å². The third-order valence-corrected chi connectivity index (χ3v) is 11.4. The predicted octanol–water partition coefficient (Wildman–Crippen LogP) is 18.0. The Bertz CT molecular complexity index is 1270. The van der Waals surface area contributed by atoms with Crippen LogP contribution in [-0.2, 0) is 28.6 Å². The molecule has 0 amide bonds. The third kappa shape index (κ3) is 51.4. The molecule has 0 aliphatic heterocycles. The monoisotopic (exact) mass is 905 g/mol. The first-order valence-corrected chi connectivity index (χ1v) is 27.1. The van der Waals surface area contributed by atoms with Gasteiger partial charge in [0, 0.05) is 19.3 Å². The minimum Gasteiger partial charge on any atom is -0.462 e. The van der Waals surface area contributed by atoms with Gasteiger partial charge in [-0.3, -0.25) is 14.4 Å². The standard InChI is InChI=1S/C59H100O6/c1-4-7-10-13-16-19-22-25-28-31-34-37-40-43-46-49-52-58(61)64-55-56(54-63-57(60)51-48-45-42-39-36-33-30-27-24-21-18-15-12-9-6-3)65-59(62)53-50-47-44-41-38-35-32-29-26-23-20-17-14-11-8-5-2/h7,10,16,18-19,21,24-25,27-29,32,35,38,56H,4-6,8-9,11-15,17,20,22-23,26,30-31,33-34,36-37,39-55H2,1-3H3/b10-7-,19-16-,21-18-,27-24-,28-25-,32-29-,38-35-. The lowest BCUT2D eigenvalue weighted by atomic mass is 10.1. The van der Waals surface area contributed by atoms with Crippen LogP contribution in [0.3, 0.4) is 0 Å². The van der Waals surface area contributed by atoms with E-state index in [4.69, 9.17) is 14.2 Å². The fraction of sp³-hybridized carbons (Fsp3) is 0.712. The van der Waals surface area contributed by atoms with E-state index >= 15 is 0 Å². The van der Waals surface area contributed by atoms with Crippen molar-refractivity contribution in [1.29, 1.82) is 0 Å². The molecule has 0 N–H and O–H groups in total. The number of unbranched alkanes of at least 4 members (excludes halogenated alkanes) is 25. The van der Waals surface area contributed by atoms with E-state index in [0.29, 0.717) is 12.8 Å². The zero-order chi connectivity index (χ0) is 47.2. The second kappa shape index (κ2) is 53.2. The van der Waals surface area contributed by atoms with Gasteiger partial charge >= 0.3 is 17.9 Å². The number of rotatable bonds is 48. The Balaban J connectivity index is 4.48. The molecule has 65 heavy (non-hydrogen) atoms. The quantitative estimate of drug-likeness (QED) is 0.0199. The minimum atomic E-state index is -0.801. The van der Waals surface area contributed by atoms with Crippen LogP contribution in [0.25, 0.3) is 0 Å². The first-order valence-electron chi connectivity index (χ1n) is 27.1. The highest BCUT2D eigenvalue weighted by molar-refractivity contribution is 5.71. The van der Waals surface area contributed by atoms with Gasteiger partial charge in [-0.15, -0.1) is 0 Å². The summed E-state index contributed by atoms with van der Waals surface area (Å²) in [6, 6.07) is 0. The molecule has 0 aromatic rings. The molecular weight excluding hydrogens is 805 g/mol. The molecular formula is C59H100O6. The zero-order valence-electron chi connectivity index (χ0n) is 42.5. The van der Waals surface area contributed by atoms with Crippen LogP contribution < -0.4 is 0 Å². The molecule has 6 nitrogen and oxygen atoms in total. The lowest BCUT2D eigenvalue weighted by Crippen LogP contribution is -2.30. The molecule has 0 spiro atoms. The average molecular weight is 905 g/mol. The Hall–Kier alpha value is -3.41. The smallest absolute Gasteiger partial charge is 0.306 e. The van der Waals surface area contributed by atoms with Crippen LogP contribution >= 0.6 is 0 Å². The van der Waals surface area contributed by atoms with Crippen molar-refractivity contribution in [2.24, 2.45) is 0 Å². The van der Waals surface area contributed by atoms with E-state index in [9.17, 15) is 14.4 Å². The molecule has 0 aliphatic rings. The maximum atomic E-state index is 12.8. The van der Waals surface area contributed by atoms with Gasteiger partial charge in [0.1, 0.15) is 13.2 Å². The fourth-order valence-corrected chi connectivity index (χ4v) is 7.32. The summed E-state index contributed by atoms with van der Waals surface area (Å²) in [5.41, 5.74) is 0. The normalized spacial score (nSPS) is 12.7. The van der Waals surface area contributed by atoms with Gasteiger partial charge in [-0.05, 0) is 103 Å². The molecule has 0 aromatic carbocycles. The summed E-state index contributed by atoms with van der Waals surface area (Å²) in [6.45, 7) is 6.45. The molecule has 0 aliphatic carbocycles. The third-order valence-electron chi connectivity index (χ3n) is 11.4. The molecule has 1 unspecified atom stereocenters. The van der Waals surface area contributed by atoms with Gasteiger partial charge < -0.3 is 14.2 Å². The predicted molar refractivity (Wildman–Crippen MR) is 279 cm³/mol. The summed E-state index contributed by atoms with van der Waals surface area (Å²) in [5.74, 6) is -0.947. The van der Waals surface area contributed by atoms with E-state index in [1.165, 1.54) is 109 Å². The number of hydrogen-bond acceptors (Lipinski definition) is 6. The van der Waals surface area contributed by atoms with Crippen LogP contribution in [0.2, 0.25) is 0 Å². The zero-order valence-corrected chi connectivity index (χ0v) is 42.5. The largest absolute Gasteiger partial charge is 0.462 e. The van der Waals surface area contributed by atoms with Gasteiger partial charge in [0.2, 0.25) is 0 Å². The first kappa shape index (κ1) is 61.6. The molecule has 0 aromatic heterocycles.